The highest BCUT2D eigenvalue weighted by Gasteiger charge is 2.48. The Balaban J connectivity index is 1.74. The van der Waals surface area contributed by atoms with Gasteiger partial charge in [0.25, 0.3) is 0 Å². The monoisotopic (exact) mass is 380 g/mol. The molecule has 2 atom stereocenters. The third-order valence-corrected chi connectivity index (χ3v) is 5.01. The number of hydrogen-bond donors (Lipinski definition) is 0. The molecule has 144 valence electrons. The van der Waals surface area contributed by atoms with E-state index in [9.17, 15) is 18.0 Å². The second kappa shape index (κ2) is 6.69. The first kappa shape index (κ1) is 18.1. The van der Waals surface area contributed by atoms with Crippen LogP contribution < -0.4 is 0 Å². The van der Waals surface area contributed by atoms with Crippen molar-refractivity contribution < 1.29 is 27.4 Å². The number of esters is 1. The molecule has 0 N–H and O–H groups in total. The van der Waals surface area contributed by atoms with Crippen molar-refractivity contribution in [2.75, 3.05) is 13.2 Å². The molecule has 1 fully saturated rings. The van der Waals surface area contributed by atoms with Gasteiger partial charge in [-0.3, -0.25) is 9.75 Å². The van der Waals surface area contributed by atoms with Gasteiger partial charge in [0.2, 0.25) is 0 Å². The fourth-order valence-corrected chi connectivity index (χ4v) is 4.01. The topological polar surface area (TPSA) is 42.0 Å². The summed E-state index contributed by atoms with van der Waals surface area (Å²) in [7, 11) is 0. The Kier molecular flexibility index (Phi) is 4.47. The van der Waals surface area contributed by atoms with Gasteiger partial charge in [0, 0.05) is 24.7 Å². The summed E-state index contributed by atoms with van der Waals surface area (Å²) in [5, 5.41) is 3.62. The van der Waals surface area contributed by atoms with E-state index >= 15 is 0 Å². The smallest absolute Gasteiger partial charge is 0.463 e. The lowest BCUT2D eigenvalue weighted by Crippen LogP contribution is -2.45. The number of carbonyl (C=O) groups is 1. The van der Waals surface area contributed by atoms with E-state index in [-0.39, 0.29) is 13.0 Å². The van der Waals surface area contributed by atoms with Crippen molar-refractivity contribution in [1.82, 2.24) is 10.0 Å². The fraction of sp³-hybridized carbons (Fsp3) is 0.421. The molecule has 0 bridgehead atoms. The second-order valence-corrected chi connectivity index (χ2v) is 6.60. The molecule has 3 aliphatic heterocycles. The molecule has 1 saturated heterocycles. The maximum Gasteiger partial charge on any atom is 0.522 e. The molecule has 0 aromatic heterocycles. The minimum atomic E-state index is -4.69. The lowest BCUT2D eigenvalue weighted by Gasteiger charge is -2.45. The van der Waals surface area contributed by atoms with Gasteiger partial charge < -0.3 is 4.74 Å². The number of nitrogens with zero attached hydrogens (tertiary/aromatic N) is 2. The predicted molar refractivity (Wildman–Crippen MR) is 90.6 cm³/mol. The van der Waals surface area contributed by atoms with Crippen molar-refractivity contribution in [1.29, 1.82) is 0 Å². The van der Waals surface area contributed by atoms with Crippen molar-refractivity contribution in [3.63, 3.8) is 0 Å². The molecule has 1 aromatic carbocycles. The van der Waals surface area contributed by atoms with Gasteiger partial charge in [-0.2, -0.15) is 0 Å². The van der Waals surface area contributed by atoms with Crippen LogP contribution in [0.2, 0.25) is 0 Å². The average molecular weight is 380 g/mol. The molecular weight excluding hydrogens is 361 g/mol. The van der Waals surface area contributed by atoms with Gasteiger partial charge in [0.05, 0.1) is 30.0 Å². The summed E-state index contributed by atoms with van der Waals surface area (Å²) in [6.45, 7) is 2.39. The van der Waals surface area contributed by atoms with E-state index in [0.717, 1.165) is 16.8 Å². The number of hydrazine groups is 1. The molecule has 1 aromatic rings. The van der Waals surface area contributed by atoms with Gasteiger partial charge in [0.1, 0.15) is 0 Å². The molecule has 27 heavy (non-hydrogen) atoms. The maximum atomic E-state index is 12.9. The minimum Gasteiger partial charge on any atom is -0.463 e. The number of halogens is 3. The SMILES string of the molecule is CCOC(=O)C1=CN2C(=CC1)c1ccccc1C1C(OC(F)(F)F)CCN12. The van der Waals surface area contributed by atoms with Crippen LogP contribution in [0.5, 0.6) is 0 Å². The molecule has 3 heterocycles. The highest BCUT2D eigenvalue weighted by atomic mass is 19.4. The summed E-state index contributed by atoms with van der Waals surface area (Å²) in [4.78, 5) is 12.1. The normalized spacial score (nSPS) is 24.5. The number of allylic oxidation sites excluding steroid dienone is 1. The van der Waals surface area contributed by atoms with Crippen LogP contribution >= 0.6 is 0 Å². The summed E-state index contributed by atoms with van der Waals surface area (Å²) in [6, 6.07) is 6.83. The molecular formula is C19H19F3N2O3. The first-order chi connectivity index (χ1) is 12.9. The number of rotatable bonds is 3. The second-order valence-electron chi connectivity index (χ2n) is 6.60. The van der Waals surface area contributed by atoms with Gasteiger partial charge in [-0.15, -0.1) is 13.2 Å². The number of benzene rings is 1. The molecule has 4 rings (SSSR count). The lowest BCUT2D eigenvalue weighted by molar-refractivity contribution is -0.345. The number of ether oxygens (including phenoxy) is 2. The van der Waals surface area contributed by atoms with Crippen molar-refractivity contribution >= 4 is 11.7 Å². The molecule has 0 amide bonds. The quantitative estimate of drug-likeness (QED) is 0.747. The Labute approximate surface area is 154 Å². The van der Waals surface area contributed by atoms with Crippen LogP contribution in [0.3, 0.4) is 0 Å². The van der Waals surface area contributed by atoms with Crippen LogP contribution in [0.25, 0.3) is 5.70 Å². The van der Waals surface area contributed by atoms with E-state index in [0.29, 0.717) is 18.5 Å². The van der Waals surface area contributed by atoms with Gasteiger partial charge >= 0.3 is 12.3 Å². The van der Waals surface area contributed by atoms with Crippen LogP contribution in [0.4, 0.5) is 13.2 Å². The summed E-state index contributed by atoms with van der Waals surface area (Å²) in [5.74, 6) is -0.412. The summed E-state index contributed by atoms with van der Waals surface area (Å²) in [5.41, 5.74) is 3.00. The van der Waals surface area contributed by atoms with Gasteiger partial charge in [-0.1, -0.05) is 30.3 Å². The third-order valence-electron chi connectivity index (χ3n) is 5.01. The number of fused-ring (bicyclic) bond motifs is 6. The van der Waals surface area contributed by atoms with Gasteiger partial charge in [0.15, 0.2) is 0 Å². The highest BCUT2D eigenvalue weighted by molar-refractivity contribution is 5.90. The van der Waals surface area contributed by atoms with E-state index in [4.69, 9.17) is 4.74 Å². The van der Waals surface area contributed by atoms with E-state index in [1.54, 1.807) is 18.1 Å². The average Bonchev–Trinajstić information content (AvgIpc) is 3.04. The fourth-order valence-electron chi connectivity index (χ4n) is 4.01. The summed E-state index contributed by atoms with van der Waals surface area (Å²) < 4.78 is 48.2. The maximum absolute atomic E-state index is 12.9. The largest absolute Gasteiger partial charge is 0.522 e. The molecule has 0 saturated carbocycles. The van der Waals surface area contributed by atoms with E-state index in [1.807, 2.05) is 35.4 Å². The van der Waals surface area contributed by atoms with Crippen molar-refractivity contribution in [3.05, 3.63) is 53.2 Å². The highest BCUT2D eigenvalue weighted by Crippen LogP contribution is 2.48. The van der Waals surface area contributed by atoms with Crippen LogP contribution in [0.1, 0.15) is 36.9 Å². The van der Waals surface area contributed by atoms with Gasteiger partial charge in [-0.05, 0) is 18.9 Å². The Morgan fingerprint density at radius 3 is 2.81 bits per heavy atom. The van der Waals surface area contributed by atoms with Crippen LogP contribution in [0, 0.1) is 0 Å². The number of hydrogen-bond acceptors (Lipinski definition) is 5. The van der Waals surface area contributed by atoms with E-state index in [1.165, 1.54) is 0 Å². The first-order valence-electron chi connectivity index (χ1n) is 8.86. The molecule has 0 spiro atoms. The summed E-state index contributed by atoms with van der Waals surface area (Å²) in [6.07, 6.45) is -1.45. The number of alkyl halides is 3. The molecule has 5 nitrogen and oxygen atoms in total. The Bertz CT molecular complexity index is 819. The van der Waals surface area contributed by atoms with E-state index < -0.39 is 24.5 Å². The van der Waals surface area contributed by atoms with Crippen molar-refractivity contribution in [2.24, 2.45) is 0 Å². The molecule has 0 aliphatic carbocycles. The Hall–Kier alpha value is -2.32. The zero-order valence-electron chi connectivity index (χ0n) is 14.7. The standard InChI is InChI=1S/C19H19F3N2O3/c1-2-26-18(25)12-7-8-15-13-5-3-4-6-14(13)17-16(27-19(20,21)22)9-10-23(17)24(15)11-12/h3-6,8,11,16-17H,2,7,9-10H2,1H3. The Morgan fingerprint density at radius 1 is 1.30 bits per heavy atom. The Morgan fingerprint density at radius 2 is 2.07 bits per heavy atom. The first-order valence-corrected chi connectivity index (χ1v) is 8.86. The van der Waals surface area contributed by atoms with Crippen molar-refractivity contribution in [2.45, 2.75) is 38.3 Å². The van der Waals surface area contributed by atoms with Crippen LogP contribution in [-0.4, -0.2) is 41.6 Å². The van der Waals surface area contributed by atoms with Crippen LogP contribution in [0.15, 0.2) is 42.1 Å². The molecule has 8 heteroatoms. The molecule has 3 aliphatic rings. The predicted octanol–water partition coefficient (Wildman–Crippen LogP) is 3.76. The zero-order chi connectivity index (χ0) is 19.2. The molecule has 0 radical (unpaired) electrons. The zero-order valence-corrected chi connectivity index (χ0v) is 14.7. The number of carbonyl (C=O) groups excluding carboxylic acids is 1. The summed E-state index contributed by atoms with van der Waals surface area (Å²) >= 11 is 0. The van der Waals surface area contributed by atoms with Crippen LogP contribution in [-0.2, 0) is 14.3 Å². The van der Waals surface area contributed by atoms with Crippen molar-refractivity contribution in [3.8, 4) is 0 Å². The van der Waals surface area contributed by atoms with Gasteiger partial charge in [-0.25, -0.2) is 9.80 Å². The minimum absolute atomic E-state index is 0.241. The lowest BCUT2D eigenvalue weighted by atomic mass is 9.91. The van der Waals surface area contributed by atoms with E-state index in [2.05, 4.69) is 4.74 Å². The molecule has 2 unspecified atom stereocenters. The third kappa shape index (κ3) is 3.23.